The van der Waals surface area contributed by atoms with Gasteiger partial charge in [0.25, 0.3) is 0 Å². The third kappa shape index (κ3) is 3.43. The van der Waals surface area contributed by atoms with E-state index < -0.39 is 5.54 Å². The SMILES string of the molecule is Cl.O=C(NC1CCSc2ccccc21)C1(n2cccn2)CCNCC1. The summed E-state index contributed by atoms with van der Waals surface area (Å²) >= 11 is 1.87. The summed E-state index contributed by atoms with van der Waals surface area (Å²) in [5.41, 5.74) is 0.667. The minimum absolute atomic E-state index is 0. The van der Waals surface area contributed by atoms with Gasteiger partial charge in [0, 0.05) is 23.0 Å². The van der Waals surface area contributed by atoms with E-state index in [-0.39, 0.29) is 24.4 Å². The van der Waals surface area contributed by atoms with Gasteiger partial charge in [0.2, 0.25) is 5.91 Å². The van der Waals surface area contributed by atoms with Crippen LogP contribution in [0.2, 0.25) is 0 Å². The highest BCUT2D eigenvalue weighted by molar-refractivity contribution is 7.99. The van der Waals surface area contributed by atoms with Gasteiger partial charge in [0.15, 0.2) is 0 Å². The van der Waals surface area contributed by atoms with Gasteiger partial charge in [-0.15, -0.1) is 24.2 Å². The van der Waals surface area contributed by atoms with Crippen molar-refractivity contribution in [3.63, 3.8) is 0 Å². The predicted molar refractivity (Wildman–Crippen MR) is 102 cm³/mol. The second-order valence-electron chi connectivity index (χ2n) is 6.43. The van der Waals surface area contributed by atoms with Crippen molar-refractivity contribution in [3.05, 3.63) is 48.3 Å². The minimum Gasteiger partial charge on any atom is -0.347 e. The van der Waals surface area contributed by atoms with E-state index in [9.17, 15) is 4.79 Å². The first-order valence-corrected chi connectivity index (χ1v) is 9.52. The van der Waals surface area contributed by atoms with Gasteiger partial charge in [-0.25, -0.2) is 0 Å². The number of rotatable bonds is 3. The molecule has 2 N–H and O–H groups in total. The average Bonchev–Trinajstić information content (AvgIpc) is 3.18. The lowest BCUT2D eigenvalue weighted by Crippen LogP contribution is -2.55. The van der Waals surface area contributed by atoms with Crippen molar-refractivity contribution in [3.8, 4) is 0 Å². The second kappa shape index (κ2) is 7.81. The quantitative estimate of drug-likeness (QED) is 0.862. The maximum absolute atomic E-state index is 13.3. The van der Waals surface area contributed by atoms with Gasteiger partial charge in [0.05, 0.1) is 6.04 Å². The molecule has 5 nitrogen and oxygen atoms in total. The molecular weight excluding hydrogens is 356 g/mol. The lowest BCUT2D eigenvalue weighted by molar-refractivity contribution is -0.132. The predicted octanol–water partition coefficient (Wildman–Crippen LogP) is 2.74. The van der Waals surface area contributed by atoms with Crippen LogP contribution in [0.25, 0.3) is 0 Å². The van der Waals surface area contributed by atoms with Crippen LogP contribution in [-0.4, -0.2) is 34.5 Å². The molecule has 0 aliphatic carbocycles. The van der Waals surface area contributed by atoms with Gasteiger partial charge in [-0.05, 0) is 50.0 Å². The Morgan fingerprint density at radius 3 is 2.84 bits per heavy atom. The molecule has 1 saturated heterocycles. The summed E-state index contributed by atoms with van der Waals surface area (Å²) in [6.07, 6.45) is 6.17. The van der Waals surface area contributed by atoms with Gasteiger partial charge in [0.1, 0.15) is 5.54 Å². The summed E-state index contributed by atoms with van der Waals surface area (Å²) in [4.78, 5) is 14.6. The molecule has 0 spiro atoms. The Morgan fingerprint density at radius 2 is 2.08 bits per heavy atom. The topological polar surface area (TPSA) is 59.0 Å². The molecule has 0 bridgehead atoms. The van der Waals surface area contributed by atoms with Crippen LogP contribution in [0.1, 0.15) is 30.9 Å². The third-order valence-electron chi connectivity index (χ3n) is 5.06. The standard InChI is InChI=1S/C18H22N4OS.ClH/c23-17(18(7-10-19-11-8-18)22-12-3-9-20-22)21-15-6-13-24-16-5-2-1-4-14(15)16;/h1-5,9,12,15,19H,6-8,10-11,13H2,(H,21,23);1H. The molecule has 1 unspecified atom stereocenters. The Morgan fingerprint density at radius 1 is 1.28 bits per heavy atom. The van der Waals surface area contributed by atoms with Gasteiger partial charge >= 0.3 is 0 Å². The number of benzene rings is 1. The summed E-state index contributed by atoms with van der Waals surface area (Å²) in [7, 11) is 0. The van der Waals surface area contributed by atoms with Gasteiger partial charge in [-0.3, -0.25) is 9.48 Å². The number of nitrogens with zero attached hydrogens (tertiary/aromatic N) is 2. The molecule has 2 aliphatic heterocycles. The van der Waals surface area contributed by atoms with Crippen molar-refractivity contribution < 1.29 is 4.79 Å². The van der Waals surface area contributed by atoms with Gasteiger partial charge < -0.3 is 10.6 Å². The van der Waals surface area contributed by atoms with Gasteiger partial charge in [-0.1, -0.05) is 18.2 Å². The van der Waals surface area contributed by atoms with E-state index in [4.69, 9.17) is 0 Å². The van der Waals surface area contributed by atoms with Gasteiger partial charge in [-0.2, -0.15) is 5.10 Å². The molecule has 7 heteroatoms. The van der Waals surface area contributed by atoms with E-state index in [1.54, 1.807) is 6.20 Å². The Bertz CT molecular complexity index is 716. The molecule has 0 saturated carbocycles. The van der Waals surface area contributed by atoms with Crippen molar-refractivity contribution in [2.24, 2.45) is 0 Å². The summed E-state index contributed by atoms with van der Waals surface area (Å²) in [5.74, 6) is 1.14. The summed E-state index contributed by atoms with van der Waals surface area (Å²) in [6.45, 7) is 1.68. The van der Waals surface area contributed by atoms with E-state index in [0.717, 1.165) is 38.1 Å². The summed E-state index contributed by atoms with van der Waals surface area (Å²) in [6, 6.07) is 10.4. The van der Waals surface area contributed by atoms with Crippen LogP contribution in [0.5, 0.6) is 0 Å². The maximum Gasteiger partial charge on any atom is 0.248 e. The maximum atomic E-state index is 13.3. The van der Waals surface area contributed by atoms with E-state index in [1.807, 2.05) is 28.7 Å². The number of halogens is 1. The fraction of sp³-hybridized carbons (Fsp3) is 0.444. The Balaban J connectivity index is 0.00000182. The number of thioether (sulfide) groups is 1. The number of amides is 1. The fourth-order valence-corrected chi connectivity index (χ4v) is 4.83. The molecule has 1 amide bonds. The highest BCUT2D eigenvalue weighted by atomic mass is 35.5. The number of nitrogens with one attached hydrogen (secondary N) is 2. The highest BCUT2D eigenvalue weighted by Gasteiger charge is 2.43. The smallest absolute Gasteiger partial charge is 0.248 e. The number of aromatic nitrogens is 2. The zero-order valence-corrected chi connectivity index (χ0v) is 15.6. The second-order valence-corrected chi connectivity index (χ2v) is 7.57. The molecule has 3 heterocycles. The van der Waals surface area contributed by atoms with E-state index >= 15 is 0 Å². The molecule has 1 atom stereocenters. The highest BCUT2D eigenvalue weighted by Crippen LogP contribution is 2.37. The summed E-state index contributed by atoms with van der Waals surface area (Å²) < 4.78 is 1.85. The number of carbonyl (C=O) groups is 1. The molecule has 1 aromatic carbocycles. The molecule has 1 aromatic heterocycles. The van der Waals surface area contributed by atoms with Crippen LogP contribution in [0, 0.1) is 0 Å². The first kappa shape index (κ1) is 18.3. The van der Waals surface area contributed by atoms with Crippen LogP contribution < -0.4 is 10.6 Å². The molecule has 1 fully saturated rings. The number of fused-ring (bicyclic) bond motifs is 1. The van der Waals surface area contributed by atoms with E-state index in [2.05, 4.69) is 40.0 Å². The molecule has 134 valence electrons. The molecule has 4 rings (SSSR count). The zero-order valence-electron chi connectivity index (χ0n) is 14.0. The van der Waals surface area contributed by atoms with Crippen LogP contribution in [-0.2, 0) is 10.3 Å². The Kier molecular flexibility index (Phi) is 5.71. The monoisotopic (exact) mass is 378 g/mol. The van der Waals surface area contributed by atoms with Crippen molar-refractivity contribution in [2.45, 2.75) is 35.7 Å². The van der Waals surface area contributed by atoms with Crippen LogP contribution in [0.4, 0.5) is 0 Å². The van der Waals surface area contributed by atoms with Crippen molar-refractivity contribution >= 4 is 30.1 Å². The third-order valence-corrected chi connectivity index (χ3v) is 6.18. The zero-order chi connectivity index (χ0) is 16.4. The average molecular weight is 379 g/mol. The lowest BCUT2D eigenvalue weighted by atomic mass is 9.86. The molecule has 2 aromatic rings. The molecule has 25 heavy (non-hydrogen) atoms. The number of carbonyl (C=O) groups excluding carboxylic acids is 1. The minimum atomic E-state index is -0.575. The first-order valence-electron chi connectivity index (χ1n) is 8.53. The normalized spacial score (nSPS) is 21.7. The Hall–Kier alpha value is -1.50. The van der Waals surface area contributed by atoms with E-state index in [1.165, 1.54) is 10.5 Å². The fourth-order valence-electron chi connectivity index (χ4n) is 3.71. The van der Waals surface area contributed by atoms with E-state index in [0.29, 0.717) is 0 Å². The van der Waals surface area contributed by atoms with Crippen molar-refractivity contribution in [1.29, 1.82) is 0 Å². The molecular formula is C18H23ClN4OS. The van der Waals surface area contributed by atoms with Crippen molar-refractivity contribution in [2.75, 3.05) is 18.8 Å². The molecule has 2 aliphatic rings. The number of hydrogen-bond acceptors (Lipinski definition) is 4. The van der Waals surface area contributed by atoms with Crippen LogP contribution in [0.3, 0.4) is 0 Å². The lowest BCUT2D eigenvalue weighted by Gasteiger charge is -2.38. The molecule has 0 radical (unpaired) electrons. The van der Waals surface area contributed by atoms with Crippen LogP contribution >= 0.6 is 24.2 Å². The first-order chi connectivity index (χ1) is 11.8. The Labute approximate surface area is 158 Å². The van der Waals surface area contributed by atoms with Crippen molar-refractivity contribution in [1.82, 2.24) is 20.4 Å². The number of piperidine rings is 1. The largest absolute Gasteiger partial charge is 0.347 e. The summed E-state index contributed by atoms with van der Waals surface area (Å²) in [5, 5.41) is 11.1. The number of hydrogen-bond donors (Lipinski definition) is 2. The van der Waals surface area contributed by atoms with Crippen LogP contribution in [0.15, 0.2) is 47.6 Å².